The molecule has 2 aromatic heterocycles. The lowest BCUT2D eigenvalue weighted by atomic mass is 10.1. The number of aromatic amines is 1. The Hall–Kier alpha value is -2.43. The normalized spacial score (nSPS) is 10.9. The van der Waals surface area contributed by atoms with Crippen molar-refractivity contribution in [2.75, 3.05) is 0 Å². The number of fused-ring (bicyclic) bond motifs is 1. The Bertz CT molecular complexity index is 740. The number of hydrogen-bond donors (Lipinski definition) is 1. The van der Waals surface area contributed by atoms with Gasteiger partial charge in [0.05, 0.1) is 5.69 Å². The molecule has 0 radical (unpaired) electrons. The van der Waals surface area contributed by atoms with Crippen LogP contribution in [-0.2, 0) is 6.42 Å². The molecule has 3 aromatic rings. The van der Waals surface area contributed by atoms with Gasteiger partial charge in [0, 0.05) is 5.56 Å². The lowest BCUT2D eigenvalue weighted by molar-refractivity contribution is 0.848. The van der Waals surface area contributed by atoms with E-state index >= 15 is 0 Å². The van der Waals surface area contributed by atoms with E-state index in [0.29, 0.717) is 5.52 Å². The largest absolute Gasteiger partial charge is 0.290 e. The van der Waals surface area contributed by atoms with Crippen molar-refractivity contribution < 1.29 is 0 Å². The average molecular weight is 240 g/mol. The molecule has 1 N–H and O–H groups in total. The molecule has 0 bridgehead atoms. The second-order valence-electron chi connectivity index (χ2n) is 4.10. The monoisotopic (exact) mass is 240 g/mol. The predicted octanol–water partition coefficient (Wildman–Crippen LogP) is 1.65. The van der Waals surface area contributed by atoms with E-state index in [9.17, 15) is 4.79 Å². The fourth-order valence-electron chi connectivity index (χ4n) is 1.90. The van der Waals surface area contributed by atoms with Gasteiger partial charge in [0.2, 0.25) is 0 Å². The molecule has 90 valence electrons. The van der Waals surface area contributed by atoms with Crippen molar-refractivity contribution in [2.45, 2.75) is 13.3 Å². The summed E-state index contributed by atoms with van der Waals surface area (Å²) in [5, 5.41) is 10.4. The van der Waals surface area contributed by atoms with Gasteiger partial charge in [0.25, 0.3) is 5.56 Å². The van der Waals surface area contributed by atoms with Crippen molar-refractivity contribution in [3.63, 3.8) is 0 Å². The van der Waals surface area contributed by atoms with Crippen LogP contribution in [-0.4, -0.2) is 19.8 Å². The van der Waals surface area contributed by atoms with E-state index in [4.69, 9.17) is 0 Å². The molecule has 5 heteroatoms. The number of aromatic nitrogens is 4. The number of benzene rings is 1. The maximum Gasteiger partial charge on any atom is 0.290 e. The first-order chi connectivity index (χ1) is 8.78. The first-order valence-electron chi connectivity index (χ1n) is 5.80. The summed E-state index contributed by atoms with van der Waals surface area (Å²) in [7, 11) is 0. The molecule has 1 aromatic carbocycles. The molecule has 0 spiro atoms. The van der Waals surface area contributed by atoms with Crippen LogP contribution in [0, 0.1) is 0 Å². The van der Waals surface area contributed by atoms with Crippen LogP contribution >= 0.6 is 0 Å². The summed E-state index contributed by atoms with van der Waals surface area (Å²) in [5.41, 5.74) is 3.31. The molecule has 0 fully saturated rings. The lowest BCUT2D eigenvalue weighted by Crippen LogP contribution is -2.10. The maximum absolute atomic E-state index is 11.5. The van der Waals surface area contributed by atoms with Crippen LogP contribution in [0.1, 0.15) is 12.5 Å². The second kappa shape index (κ2) is 4.10. The highest BCUT2D eigenvalue weighted by molar-refractivity contribution is 5.65. The predicted molar refractivity (Wildman–Crippen MR) is 68.4 cm³/mol. The van der Waals surface area contributed by atoms with Crippen molar-refractivity contribution in [2.24, 2.45) is 0 Å². The molecule has 0 aliphatic rings. The molecule has 0 aliphatic heterocycles. The quantitative estimate of drug-likeness (QED) is 0.740. The van der Waals surface area contributed by atoms with Crippen LogP contribution in [0.3, 0.4) is 0 Å². The van der Waals surface area contributed by atoms with Crippen LogP contribution in [0.15, 0.2) is 41.5 Å². The minimum Gasteiger partial charge on any atom is -0.266 e. The van der Waals surface area contributed by atoms with Gasteiger partial charge >= 0.3 is 0 Å². The summed E-state index contributed by atoms with van der Waals surface area (Å²) < 4.78 is 1.49. The first-order valence-corrected chi connectivity index (χ1v) is 5.80. The molecule has 2 heterocycles. The second-order valence-corrected chi connectivity index (χ2v) is 4.10. The van der Waals surface area contributed by atoms with E-state index in [0.717, 1.165) is 17.7 Å². The average Bonchev–Trinajstić information content (AvgIpc) is 2.84. The van der Waals surface area contributed by atoms with Gasteiger partial charge in [-0.1, -0.05) is 31.2 Å². The van der Waals surface area contributed by atoms with E-state index in [-0.39, 0.29) is 5.56 Å². The summed E-state index contributed by atoms with van der Waals surface area (Å²) in [6.45, 7) is 2.12. The Labute approximate surface area is 103 Å². The molecule has 18 heavy (non-hydrogen) atoms. The van der Waals surface area contributed by atoms with Gasteiger partial charge in [-0.2, -0.15) is 10.2 Å². The smallest absolute Gasteiger partial charge is 0.266 e. The zero-order valence-corrected chi connectivity index (χ0v) is 9.92. The number of nitrogens with one attached hydrogen (secondary N) is 1. The fourth-order valence-corrected chi connectivity index (χ4v) is 1.90. The third kappa shape index (κ3) is 1.69. The van der Waals surface area contributed by atoms with Gasteiger partial charge < -0.3 is 0 Å². The van der Waals surface area contributed by atoms with Gasteiger partial charge in [-0.05, 0) is 18.1 Å². The van der Waals surface area contributed by atoms with Crippen molar-refractivity contribution in [3.8, 4) is 11.3 Å². The van der Waals surface area contributed by atoms with Crippen LogP contribution < -0.4 is 5.56 Å². The standard InChI is InChI=1S/C13H12N4O/c1-2-9-3-5-10(6-4-9)11-7-12-13(18)15-14-8-17(12)16-11/h3-8H,2H2,1H3,(H,15,18). The molecule has 0 aliphatic carbocycles. The SMILES string of the molecule is CCc1ccc(-c2cc3c(=O)[nH]ncn3n2)cc1. The zero-order valence-electron chi connectivity index (χ0n) is 9.92. The van der Waals surface area contributed by atoms with E-state index in [1.54, 1.807) is 6.07 Å². The topological polar surface area (TPSA) is 63.0 Å². The highest BCUT2D eigenvalue weighted by Crippen LogP contribution is 2.18. The molecular formula is C13H12N4O. The van der Waals surface area contributed by atoms with Gasteiger partial charge in [-0.25, -0.2) is 9.61 Å². The van der Waals surface area contributed by atoms with Crippen LogP contribution in [0.5, 0.6) is 0 Å². The maximum atomic E-state index is 11.5. The molecule has 0 saturated heterocycles. The Kier molecular flexibility index (Phi) is 2.44. The molecule has 3 rings (SSSR count). The van der Waals surface area contributed by atoms with Gasteiger partial charge in [-0.3, -0.25) is 4.79 Å². The third-order valence-electron chi connectivity index (χ3n) is 2.96. The molecule has 0 amide bonds. The Morgan fingerprint density at radius 3 is 2.72 bits per heavy atom. The summed E-state index contributed by atoms with van der Waals surface area (Å²) in [5.74, 6) is 0. The van der Waals surface area contributed by atoms with Crippen LogP contribution in [0.4, 0.5) is 0 Å². The Balaban J connectivity index is 2.13. The van der Waals surface area contributed by atoms with Crippen molar-refractivity contribution >= 4 is 5.52 Å². The van der Waals surface area contributed by atoms with E-state index in [1.165, 1.54) is 16.4 Å². The first kappa shape index (κ1) is 10.7. The van der Waals surface area contributed by atoms with E-state index in [2.05, 4.69) is 34.4 Å². The van der Waals surface area contributed by atoms with Crippen molar-refractivity contribution in [1.82, 2.24) is 19.8 Å². The zero-order chi connectivity index (χ0) is 12.5. The van der Waals surface area contributed by atoms with Crippen molar-refractivity contribution in [3.05, 3.63) is 52.6 Å². The Morgan fingerprint density at radius 2 is 2.06 bits per heavy atom. The van der Waals surface area contributed by atoms with Crippen LogP contribution in [0.25, 0.3) is 16.8 Å². The summed E-state index contributed by atoms with van der Waals surface area (Å²) in [4.78, 5) is 11.5. The minimum atomic E-state index is -0.235. The number of H-pyrrole nitrogens is 1. The highest BCUT2D eigenvalue weighted by Gasteiger charge is 2.06. The highest BCUT2D eigenvalue weighted by atomic mass is 16.1. The summed E-state index contributed by atoms with van der Waals surface area (Å²) >= 11 is 0. The van der Waals surface area contributed by atoms with Crippen LogP contribution in [0.2, 0.25) is 0 Å². The van der Waals surface area contributed by atoms with Gasteiger partial charge in [0.15, 0.2) is 0 Å². The van der Waals surface area contributed by atoms with Crippen molar-refractivity contribution in [1.29, 1.82) is 0 Å². The molecule has 0 saturated carbocycles. The number of rotatable bonds is 2. The molecular weight excluding hydrogens is 228 g/mol. The molecule has 5 nitrogen and oxygen atoms in total. The number of hydrogen-bond acceptors (Lipinski definition) is 3. The number of nitrogens with zero attached hydrogens (tertiary/aromatic N) is 3. The van der Waals surface area contributed by atoms with E-state index in [1.807, 2.05) is 12.1 Å². The van der Waals surface area contributed by atoms with E-state index < -0.39 is 0 Å². The summed E-state index contributed by atoms with van der Waals surface area (Å²) in [6.07, 6.45) is 2.50. The molecule has 0 unspecified atom stereocenters. The van der Waals surface area contributed by atoms with Gasteiger partial charge in [-0.15, -0.1) is 0 Å². The summed E-state index contributed by atoms with van der Waals surface area (Å²) in [6, 6.07) is 9.94. The third-order valence-corrected chi connectivity index (χ3v) is 2.96. The minimum absolute atomic E-state index is 0.235. The number of aryl methyl sites for hydroxylation is 1. The lowest BCUT2D eigenvalue weighted by Gasteiger charge is -1.98. The fraction of sp³-hybridized carbons (Fsp3) is 0.154. The van der Waals surface area contributed by atoms with Gasteiger partial charge in [0.1, 0.15) is 11.8 Å². The Morgan fingerprint density at radius 1 is 1.28 bits per heavy atom. The molecule has 0 atom stereocenters.